The van der Waals surface area contributed by atoms with Crippen LogP contribution >= 0.6 is 15.9 Å². The lowest BCUT2D eigenvalue weighted by atomic mass is 10.1. The molecule has 0 amide bonds. The molecule has 32 heavy (non-hydrogen) atoms. The molecule has 0 saturated carbocycles. The molecule has 4 rings (SSSR count). The van der Waals surface area contributed by atoms with Gasteiger partial charge in [0.2, 0.25) is 0 Å². The molecule has 2 atom stereocenters. The van der Waals surface area contributed by atoms with Crippen LogP contribution in [0.15, 0.2) is 33.8 Å². The number of hydrogen-bond acceptors (Lipinski definition) is 7. The summed E-state index contributed by atoms with van der Waals surface area (Å²) in [5.41, 5.74) is 6.78. The number of nitrogens with zero attached hydrogens (tertiary/aromatic N) is 4. The summed E-state index contributed by atoms with van der Waals surface area (Å²) in [6.07, 6.45) is -2.14. The van der Waals surface area contributed by atoms with Gasteiger partial charge in [0.1, 0.15) is 10.6 Å². The fourth-order valence-corrected chi connectivity index (χ4v) is 4.68. The van der Waals surface area contributed by atoms with Crippen molar-refractivity contribution >= 4 is 38.8 Å². The van der Waals surface area contributed by atoms with Gasteiger partial charge in [0, 0.05) is 51.2 Å². The van der Waals surface area contributed by atoms with Gasteiger partial charge in [0.05, 0.1) is 18.0 Å². The third kappa shape index (κ3) is 4.71. The van der Waals surface area contributed by atoms with Crippen molar-refractivity contribution in [2.24, 2.45) is 7.05 Å². The van der Waals surface area contributed by atoms with Crippen molar-refractivity contribution < 1.29 is 17.9 Å². The average Bonchev–Trinajstić information content (AvgIpc) is 3.26. The molecular weight excluding hydrogens is 493 g/mol. The summed E-state index contributed by atoms with van der Waals surface area (Å²) in [5, 5.41) is 2.89. The summed E-state index contributed by atoms with van der Waals surface area (Å²) in [4.78, 5) is 19.6. The number of piperazine rings is 1. The predicted octanol–water partition coefficient (Wildman–Crippen LogP) is 2.71. The number of rotatable bonds is 4. The van der Waals surface area contributed by atoms with Crippen LogP contribution in [0.5, 0.6) is 0 Å². The van der Waals surface area contributed by atoms with E-state index in [1.165, 1.54) is 21.7 Å². The molecular formula is C20H24BrF3N6O2. The molecule has 0 spiro atoms. The Bertz CT molecular complexity index is 1040. The van der Waals surface area contributed by atoms with E-state index in [0.29, 0.717) is 35.7 Å². The molecule has 2 fully saturated rings. The van der Waals surface area contributed by atoms with E-state index < -0.39 is 12.2 Å². The summed E-state index contributed by atoms with van der Waals surface area (Å²) in [7, 11) is 1.59. The molecule has 8 nitrogen and oxygen atoms in total. The summed E-state index contributed by atoms with van der Waals surface area (Å²) >= 11 is 3.23. The molecule has 0 bridgehead atoms. The second-order valence-electron chi connectivity index (χ2n) is 7.99. The SMILES string of the molecule is Cn1cc(Br)nc(Nc2ccc(N3CCN(C4CCOC4)CC3C(F)(F)F)c(N)c2)c1=O. The number of hydrogen-bond donors (Lipinski definition) is 2. The number of halogens is 4. The standard InChI is InChI=1S/C20H24BrF3N6O2/c1-28-10-17(21)27-18(19(28)31)26-12-2-3-15(14(25)8-12)30-6-5-29(13-4-7-32-11-13)9-16(30)20(22,23)24/h2-3,8,10,13,16H,4-7,9,11,25H2,1H3,(H,26,27). The van der Waals surface area contributed by atoms with Crippen LogP contribution < -0.4 is 21.5 Å². The molecule has 1 aromatic heterocycles. The fourth-order valence-electron chi connectivity index (χ4n) is 4.20. The lowest BCUT2D eigenvalue weighted by Gasteiger charge is -2.45. The molecule has 1 aromatic carbocycles. The number of ether oxygens (including phenoxy) is 1. The Morgan fingerprint density at radius 2 is 2.09 bits per heavy atom. The van der Waals surface area contributed by atoms with Gasteiger partial charge < -0.3 is 25.3 Å². The highest BCUT2D eigenvalue weighted by Gasteiger charge is 2.48. The largest absolute Gasteiger partial charge is 0.409 e. The molecule has 0 radical (unpaired) electrons. The minimum absolute atomic E-state index is 0.0197. The number of nitrogens with one attached hydrogen (secondary N) is 1. The highest BCUT2D eigenvalue weighted by Crippen LogP contribution is 2.36. The molecule has 0 aliphatic carbocycles. The van der Waals surface area contributed by atoms with E-state index in [1.54, 1.807) is 19.2 Å². The third-order valence-corrected chi connectivity index (χ3v) is 6.24. The van der Waals surface area contributed by atoms with Gasteiger partial charge in [-0.2, -0.15) is 13.2 Å². The van der Waals surface area contributed by atoms with Crippen molar-refractivity contribution in [3.8, 4) is 0 Å². The highest BCUT2D eigenvalue weighted by molar-refractivity contribution is 9.10. The van der Waals surface area contributed by atoms with Crippen LogP contribution in [0.25, 0.3) is 0 Å². The van der Waals surface area contributed by atoms with Crippen LogP contribution in [0.3, 0.4) is 0 Å². The number of benzene rings is 1. The van der Waals surface area contributed by atoms with Gasteiger partial charge in [-0.1, -0.05) is 0 Å². The zero-order chi connectivity index (χ0) is 23.0. The molecule has 2 aromatic rings. The molecule has 2 unspecified atom stereocenters. The highest BCUT2D eigenvalue weighted by atomic mass is 79.9. The van der Waals surface area contributed by atoms with Crippen molar-refractivity contribution in [1.29, 1.82) is 0 Å². The van der Waals surface area contributed by atoms with E-state index in [4.69, 9.17) is 10.5 Å². The first kappa shape index (κ1) is 22.9. The Morgan fingerprint density at radius 1 is 1.31 bits per heavy atom. The van der Waals surface area contributed by atoms with Crippen molar-refractivity contribution in [3.05, 3.63) is 39.4 Å². The van der Waals surface area contributed by atoms with Gasteiger partial charge in [-0.3, -0.25) is 9.69 Å². The molecule has 3 N–H and O–H groups in total. The minimum atomic E-state index is -4.41. The van der Waals surface area contributed by atoms with Gasteiger partial charge in [-0.05, 0) is 40.5 Å². The maximum Gasteiger partial charge on any atom is 0.409 e. The number of alkyl halides is 3. The Kier molecular flexibility index (Phi) is 6.37. The van der Waals surface area contributed by atoms with Crippen LogP contribution in [0, 0.1) is 0 Å². The van der Waals surface area contributed by atoms with Crippen molar-refractivity contribution in [3.63, 3.8) is 0 Å². The lowest BCUT2D eigenvalue weighted by molar-refractivity contribution is -0.158. The zero-order valence-corrected chi connectivity index (χ0v) is 19.0. The maximum absolute atomic E-state index is 14.0. The van der Waals surface area contributed by atoms with Gasteiger partial charge in [0.15, 0.2) is 5.82 Å². The van der Waals surface area contributed by atoms with Gasteiger partial charge in [0.25, 0.3) is 5.56 Å². The van der Waals surface area contributed by atoms with E-state index in [0.717, 1.165) is 6.42 Å². The first-order valence-electron chi connectivity index (χ1n) is 10.2. The monoisotopic (exact) mass is 516 g/mol. The van der Waals surface area contributed by atoms with E-state index in [-0.39, 0.29) is 36.2 Å². The molecule has 2 aliphatic heterocycles. The van der Waals surface area contributed by atoms with Crippen LogP contribution in [-0.2, 0) is 11.8 Å². The van der Waals surface area contributed by atoms with Crippen LogP contribution in [-0.4, -0.2) is 65.6 Å². The summed E-state index contributed by atoms with van der Waals surface area (Å²) < 4.78 is 49.0. The number of anilines is 4. The van der Waals surface area contributed by atoms with Crippen molar-refractivity contribution in [1.82, 2.24) is 14.5 Å². The maximum atomic E-state index is 14.0. The van der Waals surface area contributed by atoms with Crippen LogP contribution in [0.4, 0.5) is 36.1 Å². The van der Waals surface area contributed by atoms with Crippen molar-refractivity contribution in [2.45, 2.75) is 24.7 Å². The minimum Gasteiger partial charge on any atom is -0.397 e. The molecule has 2 aliphatic rings. The first-order valence-corrected chi connectivity index (χ1v) is 11.0. The Hall–Kier alpha value is -2.31. The van der Waals surface area contributed by atoms with Crippen LogP contribution in [0.1, 0.15) is 6.42 Å². The van der Waals surface area contributed by atoms with Crippen molar-refractivity contribution in [2.75, 3.05) is 48.8 Å². The summed E-state index contributed by atoms with van der Waals surface area (Å²) in [6, 6.07) is 3.01. The number of nitrogens with two attached hydrogens (primary N) is 1. The normalized spacial score (nSPS) is 22.3. The van der Waals surface area contributed by atoms with Crippen LogP contribution in [0.2, 0.25) is 0 Å². The second-order valence-corrected chi connectivity index (χ2v) is 8.80. The summed E-state index contributed by atoms with van der Waals surface area (Å²) in [5.74, 6) is 0.0783. The Labute approximate surface area is 191 Å². The molecule has 12 heteroatoms. The van der Waals surface area contributed by atoms with Gasteiger partial charge in [-0.15, -0.1) is 0 Å². The lowest BCUT2D eigenvalue weighted by Crippen LogP contribution is -2.61. The summed E-state index contributed by atoms with van der Waals surface area (Å²) in [6.45, 7) is 1.62. The Morgan fingerprint density at radius 3 is 2.75 bits per heavy atom. The molecule has 3 heterocycles. The molecule has 2 saturated heterocycles. The fraction of sp³-hybridized carbons (Fsp3) is 0.500. The average molecular weight is 517 g/mol. The Balaban J connectivity index is 1.57. The van der Waals surface area contributed by atoms with E-state index >= 15 is 0 Å². The first-order chi connectivity index (χ1) is 15.1. The quantitative estimate of drug-likeness (QED) is 0.604. The van der Waals surface area contributed by atoms with E-state index in [2.05, 4.69) is 26.2 Å². The number of aromatic nitrogens is 2. The third-order valence-electron chi connectivity index (χ3n) is 5.85. The second kappa shape index (κ2) is 8.91. The topological polar surface area (TPSA) is 88.7 Å². The number of aryl methyl sites for hydroxylation is 1. The number of nitrogen functional groups attached to an aromatic ring is 1. The molecule has 174 valence electrons. The van der Waals surface area contributed by atoms with E-state index in [9.17, 15) is 18.0 Å². The van der Waals surface area contributed by atoms with Gasteiger partial charge in [-0.25, -0.2) is 4.98 Å². The van der Waals surface area contributed by atoms with E-state index in [1.807, 2.05) is 4.90 Å². The smallest absolute Gasteiger partial charge is 0.397 e. The predicted molar refractivity (Wildman–Crippen MR) is 119 cm³/mol. The van der Waals surface area contributed by atoms with Gasteiger partial charge >= 0.3 is 6.18 Å². The zero-order valence-electron chi connectivity index (χ0n) is 17.4.